The first kappa shape index (κ1) is 19.1. The average molecular weight is 430 g/mol. The van der Waals surface area contributed by atoms with Gasteiger partial charge in [-0.15, -0.1) is 0 Å². The van der Waals surface area contributed by atoms with Gasteiger partial charge in [0.05, 0.1) is 5.70 Å². The van der Waals surface area contributed by atoms with Crippen LogP contribution >= 0.6 is 11.6 Å². The summed E-state index contributed by atoms with van der Waals surface area (Å²) in [5.74, 6) is -0.103. The van der Waals surface area contributed by atoms with E-state index < -0.39 is 0 Å². The zero-order valence-corrected chi connectivity index (χ0v) is 18.5. The standard InChI is InChI=1S/C27H24ClNO2/c1-27(2)13-20-23(21(30)14-27)22(15-7-9-16(28)10-8-15)24-25(29(20)17-11-12-17)18-5-3-4-6-19(18)26(24)31/h3-10,17,22H,11-14H2,1-2H3. The first-order chi connectivity index (χ1) is 14.9. The van der Waals surface area contributed by atoms with Gasteiger partial charge in [-0.05, 0) is 42.4 Å². The molecule has 1 fully saturated rings. The minimum atomic E-state index is -0.333. The molecule has 6 rings (SSSR count). The van der Waals surface area contributed by atoms with Crippen LogP contribution < -0.4 is 0 Å². The van der Waals surface area contributed by atoms with E-state index in [2.05, 4.69) is 24.8 Å². The first-order valence-corrected chi connectivity index (χ1v) is 11.4. The van der Waals surface area contributed by atoms with Crippen LogP contribution in [0, 0.1) is 5.41 Å². The Morgan fingerprint density at radius 2 is 1.58 bits per heavy atom. The van der Waals surface area contributed by atoms with Gasteiger partial charge in [0, 0.05) is 51.4 Å². The molecule has 0 bridgehead atoms. The van der Waals surface area contributed by atoms with Crippen molar-refractivity contribution in [1.29, 1.82) is 0 Å². The van der Waals surface area contributed by atoms with Crippen LogP contribution in [0.2, 0.25) is 5.02 Å². The highest BCUT2D eigenvalue weighted by molar-refractivity contribution is 6.30. The number of hydrogen-bond donors (Lipinski definition) is 0. The summed E-state index contributed by atoms with van der Waals surface area (Å²) in [7, 11) is 0. The summed E-state index contributed by atoms with van der Waals surface area (Å²) in [6.07, 6.45) is 3.56. The predicted molar refractivity (Wildman–Crippen MR) is 122 cm³/mol. The number of fused-ring (bicyclic) bond motifs is 2. The molecule has 1 saturated carbocycles. The molecule has 31 heavy (non-hydrogen) atoms. The van der Waals surface area contributed by atoms with Crippen LogP contribution in [0.15, 0.2) is 65.4 Å². The molecule has 0 aromatic heterocycles. The number of Topliss-reactive ketones (excluding diaryl/α,β-unsaturated/α-hetero) is 2. The van der Waals surface area contributed by atoms with E-state index in [9.17, 15) is 9.59 Å². The number of carbonyl (C=O) groups is 2. The smallest absolute Gasteiger partial charge is 0.192 e. The maximum Gasteiger partial charge on any atom is 0.192 e. The van der Waals surface area contributed by atoms with Crippen molar-refractivity contribution < 1.29 is 9.59 Å². The van der Waals surface area contributed by atoms with Gasteiger partial charge in [-0.1, -0.05) is 61.8 Å². The fourth-order valence-electron chi connectivity index (χ4n) is 5.66. The second-order valence-corrected chi connectivity index (χ2v) is 10.5. The summed E-state index contributed by atoms with van der Waals surface area (Å²) in [4.78, 5) is 29.7. The lowest BCUT2D eigenvalue weighted by Crippen LogP contribution is -2.40. The minimum Gasteiger partial charge on any atom is -0.341 e. The fraction of sp³-hybridized carbons (Fsp3) is 0.333. The van der Waals surface area contributed by atoms with E-state index in [1.807, 2.05) is 42.5 Å². The molecular formula is C27H24ClNO2. The van der Waals surface area contributed by atoms with Gasteiger partial charge in [-0.3, -0.25) is 9.59 Å². The number of ketones is 2. The van der Waals surface area contributed by atoms with Crippen molar-refractivity contribution in [3.63, 3.8) is 0 Å². The Bertz CT molecular complexity index is 1210. The van der Waals surface area contributed by atoms with E-state index in [1.165, 1.54) is 0 Å². The maximum atomic E-state index is 13.7. The van der Waals surface area contributed by atoms with E-state index in [0.717, 1.165) is 58.5 Å². The summed E-state index contributed by atoms with van der Waals surface area (Å²) in [5, 5.41) is 0.653. The Morgan fingerprint density at radius 3 is 2.26 bits per heavy atom. The number of carbonyl (C=O) groups excluding carboxylic acids is 2. The van der Waals surface area contributed by atoms with E-state index >= 15 is 0 Å². The molecule has 3 aliphatic carbocycles. The largest absolute Gasteiger partial charge is 0.341 e. The van der Waals surface area contributed by atoms with Crippen LogP contribution in [-0.2, 0) is 4.79 Å². The van der Waals surface area contributed by atoms with Crippen molar-refractivity contribution in [3.8, 4) is 0 Å². The van der Waals surface area contributed by atoms with E-state index in [-0.39, 0.29) is 22.9 Å². The number of benzene rings is 2. The zero-order chi connectivity index (χ0) is 21.5. The number of halogens is 1. The van der Waals surface area contributed by atoms with Crippen LogP contribution in [0.3, 0.4) is 0 Å². The molecule has 156 valence electrons. The van der Waals surface area contributed by atoms with E-state index in [4.69, 9.17) is 11.6 Å². The summed E-state index contributed by atoms with van der Waals surface area (Å²) < 4.78 is 0. The Morgan fingerprint density at radius 1 is 0.903 bits per heavy atom. The zero-order valence-electron chi connectivity index (χ0n) is 17.7. The molecule has 0 spiro atoms. The van der Waals surface area contributed by atoms with E-state index in [0.29, 0.717) is 17.5 Å². The van der Waals surface area contributed by atoms with Crippen molar-refractivity contribution in [2.24, 2.45) is 5.41 Å². The molecule has 4 aliphatic rings. The monoisotopic (exact) mass is 429 g/mol. The average Bonchev–Trinajstić information content (AvgIpc) is 3.52. The van der Waals surface area contributed by atoms with Gasteiger partial charge in [-0.25, -0.2) is 0 Å². The highest BCUT2D eigenvalue weighted by Gasteiger charge is 2.51. The number of allylic oxidation sites excluding steroid dienone is 3. The fourth-order valence-corrected chi connectivity index (χ4v) is 5.79. The van der Waals surface area contributed by atoms with Crippen LogP contribution in [-0.4, -0.2) is 22.5 Å². The Kier molecular flexibility index (Phi) is 3.95. The van der Waals surface area contributed by atoms with Gasteiger partial charge in [0.15, 0.2) is 11.6 Å². The van der Waals surface area contributed by atoms with Crippen molar-refractivity contribution in [1.82, 2.24) is 4.90 Å². The molecule has 1 unspecified atom stereocenters. The van der Waals surface area contributed by atoms with Gasteiger partial charge in [0.2, 0.25) is 0 Å². The second kappa shape index (κ2) is 6.43. The molecule has 0 saturated heterocycles. The van der Waals surface area contributed by atoms with Crippen molar-refractivity contribution in [2.75, 3.05) is 0 Å². The molecular weight excluding hydrogens is 406 g/mol. The molecule has 3 nitrogen and oxygen atoms in total. The third kappa shape index (κ3) is 2.79. The molecule has 1 aliphatic heterocycles. The summed E-state index contributed by atoms with van der Waals surface area (Å²) in [5.41, 5.74) is 6.40. The lowest BCUT2D eigenvalue weighted by Gasteiger charge is -2.45. The quantitative estimate of drug-likeness (QED) is 0.574. The van der Waals surface area contributed by atoms with Crippen LogP contribution in [0.5, 0.6) is 0 Å². The Balaban J connectivity index is 1.65. The van der Waals surface area contributed by atoms with Gasteiger partial charge in [0.25, 0.3) is 0 Å². The highest BCUT2D eigenvalue weighted by atomic mass is 35.5. The van der Waals surface area contributed by atoms with Crippen LogP contribution in [0.4, 0.5) is 0 Å². The third-order valence-corrected chi connectivity index (χ3v) is 7.30. The van der Waals surface area contributed by atoms with Crippen LogP contribution in [0.25, 0.3) is 5.70 Å². The number of nitrogens with zero attached hydrogens (tertiary/aromatic N) is 1. The SMILES string of the molecule is CC1(C)CC(=O)C2=C(C1)N(C1CC1)C1=C(C(=O)c3ccccc31)C2c1ccc(Cl)cc1. The molecule has 0 N–H and O–H groups in total. The topological polar surface area (TPSA) is 37.4 Å². The second-order valence-electron chi connectivity index (χ2n) is 10.0. The summed E-state index contributed by atoms with van der Waals surface area (Å²) >= 11 is 6.17. The summed E-state index contributed by atoms with van der Waals surface area (Å²) in [6, 6.07) is 15.9. The van der Waals surface area contributed by atoms with Gasteiger partial charge in [-0.2, -0.15) is 0 Å². The molecule has 0 radical (unpaired) electrons. The Labute approximate surface area is 187 Å². The van der Waals surface area contributed by atoms with Gasteiger partial charge >= 0.3 is 0 Å². The minimum absolute atomic E-state index is 0.0559. The van der Waals surface area contributed by atoms with Crippen LogP contribution in [0.1, 0.15) is 66.9 Å². The molecule has 2 aromatic rings. The van der Waals surface area contributed by atoms with Gasteiger partial charge in [0.1, 0.15) is 0 Å². The first-order valence-electron chi connectivity index (χ1n) is 11.0. The van der Waals surface area contributed by atoms with Crippen molar-refractivity contribution in [3.05, 3.63) is 87.1 Å². The van der Waals surface area contributed by atoms with Crippen molar-refractivity contribution >= 4 is 28.9 Å². The lowest BCUT2D eigenvalue weighted by atomic mass is 9.68. The predicted octanol–water partition coefficient (Wildman–Crippen LogP) is 6.15. The van der Waals surface area contributed by atoms with Crippen molar-refractivity contribution in [2.45, 2.75) is 51.5 Å². The Hall–Kier alpha value is -2.65. The number of rotatable bonds is 2. The molecule has 0 amide bonds. The molecule has 2 aromatic carbocycles. The lowest BCUT2D eigenvalue weighted by molar-refractivity contribution is -0.118. The number of hydrogen-bond acceptors (Lipinski definition) is 3. The van der Waals surface area contributed by atoms with E-state index in [1.54, 1.807) is 0 Å². The molecule has 4 heteroatoms. The summed E-state index contributed by atoms with van der Waals surface area (Å²) in [6.45, 7) is 4.35. The normalized spacial score (nSPS) is 24.4. The maximum absolute atomic E-state index is 13.7. The van der Waals surface area contributed by atoms with Gasteiger partial charge < -0.3 is 4.90 Å². The molecule has 1 atom stereocenters. The molecule has 1 heterocycles. The third-order valence-electron chi connectivity index (χ3n) is 7.05. The highest BCUT2D eigenvalue weighted by Crippen LogP contribution is 2.57.